The molecule has 0 radical (unpaired) electrons. The molecule has 0 fully saturated rings. The van der Waals surface area contributed by atoms with Crippen LogP contribution in [0.4, 0.5) is 0 Å². The van der Waals surface area contributed by atoms with Crippen LogP contribution in [0.25, 0.3) is 0 Å². The van der Waals surface area contributed by atoms with E-state index in [0.29, 0.717) is 0 Å². The molecule has 0 aliphatic carbocycles. The van der Waals surface area contributed by atoms with Gasteiger partial charge >= 0.3 is 0 Å². The highest BCUT2D eigenvalue weighted by Crippen LogP contribution is 2.00. The van der Waals surface area contributed by atoms with Gasteiger partial charge in [-0.3, -0.25) is 0 Å². The van der Waals surface area contributed by atoms with Gasteiger partial charge in [0.15, 0.2) is 0 Å². The van der Waals surface area contributed by atoms with E-state index in [-0.39, 0.29) is 7.43 Å². The van der Waals surface area contributed by atoms with Crippen molar-refractivity contribution >= 4 is 0 Å². The molecular weight excluding hydrogens is 180 g/mol. The van der Waals surface area contributed by atoms with E-state index >= 15 is 0 Å². The number of hydrogen-bond acceptors (Lipinski definition) is 0. The molecule has 0 aromatic heterocycles. The Labute approximate surface area is 95.4 Å². The van der Waals surface area contributed by atoms with Crippen LogP contribution >= 0.6 is 0 Å². The van der Waals surface area contributed by atoms with Gasteiger partial charge in [0, 0.05) is 0 Å². The fraction of sp³-hybridized carbons (Fsp3) is 0.333. The summed E-state index contributed by atoms with van der Waals surface area (Å²) in [5.41, 5.74) is 2.53. The van der Waals surface area contributed by atoms with Crippen LogP contribution in [0, 0.1) is 0 Å². The van der Waals surface area contributed by atoms with Crippen molar-refractivity contribution < 1.29 is 0 Å². The Kier molecular flexibility index (Phi) is 11.6. The molecule has 0 unspecified atom stereocenters. The Balaban J connectivity index is 0. The van der Waals surface area contributed by atoms with Crippen molar-refractivity contribution in [1.29, 1.82) is 0 Å². The summed E-state index contributed by atoms with van der Waals surface area (Å²) in [7, 11) is 0. The topological polar surface area (TPSA) is 0 Å². The van der Waals surface area contributed by atoms with E-state index in [1.54, 1.807) is 0 Å². The molecule has 0 amide bonds. The van der Waals surface area contributed by atoms with Crippen LogP contribution in [0.15, 0.2) is 59.8 Å². The molecule has 84 valence electrons. The Hall–Kier alpha value is -1.30. The maximum atomic E-state index is 2.12. The molecule has 0 saturated heterocycles. The normalized spacial score (nSPS) is 14.1. The summed E-state index contributed by atoms with van der Waals surface area (Å²) in [6.07, 6.45) is 16.6. The van der Waals surface area contributed by atoms with Crippen molar-refractivity contribution in [3.63, 3.8) is 0 Å². The minimum absolute atomic E-state index is 0. The van der Waals surface area contributed by atoms with Crippen LogP contribution in [-0.2, 0) is 0 Å². The Morgan fingerprint density at radius 3 is 1.73 bits per heavy atom. The quantitative estimate of drug-likeness (QED) is 0.550. The summed E-state index contributed by atoms with van der Waals surface area (Å²) < 4.78 is 0. The zero-order valence-corrected chi connectivity index (χ0v) is 9.62. The molecule has 0 saturated carbocycles. The molecule has 0 atom stereocenters. The molecule has 0 spiro atoms. The van der Waals surface area contributed by atoms with E-state index in [2.05, 4.69) is 38.2 Å². The Morgan fingerprint density at radius 1 is 0.733 bits per heavy atom. The van der Waals surface area contributed by atoms with Crippen molar-refractivity contribution in [1.82, 2.24) is 0 Å². The van der Waals surface area contributed by atoms with Crippen molar-refractivity contribution in [2.45, 2.75) is 35.1 Å². The van der Waals surface area contributed by atoms with Crippen molar-refractivity contribution in [3.05, 3.63) is 59.8 Å². The lowest BCUT2D eigenvalue weighted by molar-refractivity contribution is 1.46. The molecule has 0 heteroatoms. The summed E-state index contributed by atoms with van der Waals surface area (Å²) in [5, 5.41) is 0. The predicted octanol–water partition coefficient (Wildman–Crippen LogP) is 5.22. The second-order valence-corrected chi connectivity index (χ2v) is 3.21. The van der Waals surface area contributed by atoms with Crippen LogP contribution < -0.4 is 0 Å². The minimum atomic E-state index is 0. The average Bonchev–Trinajstić information content (AvgIpc) is 2.16. The highest BCUT2D eigenvalue weighted by Gasteiger charge is 1.79. The zero-order chi connectivity index (χ0) is 10.8. The van der Waals surface area contributed by atoms with E-state index in [1.807, 2.05) is 38.2 Å². The van der Waals surface area contributed by atoms with Gasteiger partial charge in [0.05, 0.1) is 0 Å². The molecule has 0 bridgehead atoms. The SMILES string of the molecule is C.C\C=C/C(C)=C/C=C(C)\C=C\C=C\C. The van der Waals surface area contributed by atoms with E-state index in [4.69, 9.17) is 0 Å². The van der Waals surface area contributed by atoms with Crippen molar-refractivity contribution in [2.75, 3.05) is 0 Å². The molecule has 0 aromatic carbocycles. The van der Waals surface area contributed by atoms with Gasteiger partial charge in [-0.15, -0.1) is 0 Å². The van der Waals surface area contributed by atoms with Crippen molar-refractivity contribution in [3.8, 4) is 0 Å². The maximum absolute atomic E-state index is 2.12. The highest BCUT2D eigenvalue weighted by molar-refractivity contribution is 5.28. The van der Waals surface area contributed by atoms with Gasteiger partial charge in [-0.2, -0.15) is 0 Å². The minimum Gasteiger partial charge on any atom is -0.0877 e. The van der Waals surface area contributed by atoms with E-state index < -0.39 is 0 Å². The fourth-order valence-corrected chi connectivity index (χ4v) is 0.955. The number of rotatable bonds is 4. The zero-order valence-electron chi connectivity index (χ0n) is 9.62. The van der Waals surface area contributed by atoms with Crippen LogP contribution in [0.1, 0.15) is 35.1 Å². The van der Waals surface area contributed by atoms with E-state index in [1.165, 1.54) is 11.1 Å². The summed E-state index contributed by atoms with van der Waals surface area (Å²) in [4.78, 5) is 0. The third-order valence-corrected chi connectivity index (χ3v) is 1.70. The summed E-state index contributed by atoms with van der Waals surface area (Å²) >= 11 is 0. The van der Waals surface area contributed by atoms with Crippen LogP contribution in [0.5, 0.6) is 0 Å². The Morgan fingerprint density at radius 2 is 1.27 bits per heavy atom. The van der Waals surface area contributed by atoms with Gasteiger partial charge in [-0.1, -0.05) is 67.2 Å². The summed E-state index contributed by atoms with van der Waals surface area (Å²) in [6, 6.07) is 0. The maximum Gasteiger partial charge on any atom is -0.0398 e. The molecular formula is C15H24. The van der Waals surface area contributed by atoms with Gasteiger partial charge in [-0.25, -0.2) is 0 Å². The molecule has 0 aliphatic heterocycles. The first kappa shape index (κ1) is 16.1. The summed E-state index contributed by atoms with van der Waals surface area (Å²) in [6.45, 7) is 8.23. The molecule has 15 heavy (non-hydrogen) atoms. The summed E-state index contributed by atoms with van der Waals surface area (Å²) in [5.74, 6) is 0. The first-order valence-corrected chi connectivity index (χ1v) is 4.98. The number of allylic oxidation sites excluding steroid dienone is 10. The number of hydrogen-bond donors (Lipinski definition) is 0. The standard InChI is InChI=1S/C14H20.CH4/c1-5-7-8-10-14(4)12-11-13(3)9-6-2;/h5-12H,1-4H3;1H4/b7-5+,9-6-,10-8+,13-11+,14-12-;. The van der Waals surface area contributed by atoms with Crippen LogP contribution in [0.2, 0.25) is 0 Å². The molecule has 0 nitrogen and oxygen atoms in total. The van der Waals surface area contributed by atoms with Gasteiger partial charge in [-0.05, 0) is 27.7 Å². The van der Waals surface area contributed by atoms with Gasteiger partial charge in [0.2, 0.25) is 0 Å². The van der Waals surface area contributed by atoms with E-state index in [0.717, 1.165) is 0 Å². The fourth-order valence-electron chi connectivity index (χ4n) is 0.955. The molecule has 0 aromatic rings. The van der Waals surface area contributed by atoms with E-state index in [9.17, 15) is 0 Å². The second kappa shape index (κ2) is 10.8. The largest absolute Gasteiger partial charge is 0.0877 e. The molecule has 0 heterocycles. The first-order chi connectivity index (χ1) is 6.70. The lowest BCUT2D eigenvalue weighted by Gasteiger charge is -1.89. The van der Waals surface area contributed by atoms with Crippen LogP contribution in [-0.4, -0.2) is 0 Å². The third kappa shape index (κ3) is 10.6. The predicted molar refractivity (Wildman–Crippen MR) is 73.0 cm³/mol. The van der Waals surface area contributed by atoms with Crippen LogP contribution in [0.3, 0.4) is 0 Å². The lowest BCUT2D eigenvalue weighted by Crippen LogP contribution is -1.68. The second-order valence-electron chi connectivity index (χ2n) is 3.21. The third-order valence-electron chi connectivity index (χ3n) is 1.70. The van der Waals surface area contributed by atoms with Gasteiger partial charge < -0.3 is 0 Å². The van der Waals surface area contributed by atoms with Gasteiger partial charge in [0.25, 0.3) is 0 Å². The highest BCUT2D eigenvalue weighted by atomic mass is 13.9. The monoisotopic (exact) mass is 204 g/mol. The first-order valence-electron chi connectivity index (χ1n) is 4.98. The molecule has 0 aliphatic rings. The Bertz CT molecular complexity index is 283. The average molecular weight is 204 g/mol. The van der Waals surface area contributed by atoms with Crippen molar-refractivity contribution in [2.24, 2.45) is 0 Å². The van der Waals surface area contributed by atoms with Gasteiger partial charge in [0.1, 0.15) is 0 Å². The smallest absolute Gasteiger partial charge is 0.0398 e. The molecule has 0 rings (SSSR count). The molecule has 0 N–H and O–H groups in total. The lowest BCUT2D eigenvalue weighted by atomic mass is 10.2.